The van der Waals surface area contributed by atoms with Crippen LogP contribution in [0.4, 0.5) is 9.52 Å². The van der Waals surface area contributed by atoms with E-state index >= 15 is 0 Å². The van der Waals surface area contributed by atoms with Crippen LogP contribution in [0, 0.1) is 23.1 Å². The van der Waals surface area contributed by atoms with Crippen LogP contribution in [0.15, 0.2) is 24.4 Å². The van der Waals surface area contributed by atoms with Gasteiger partial charge in [0.05, 0.1) is 0 Å². The summed E-state index contributed by atoms with van der Waals surface area (Å²) in [5.41, 5.74) is 6.95. The van der Waals surface area contributed by atoms with E-state index in [0.717, 1.165) is 37.5 Å². The number of anilines is 1. The van der Waals surface area contributed by atoms with Crippen molar-refractivity contribution in [2.75, 3.05) is 38.1 Å². The normalized spacial score (nSPS) is 23.5. The van der Waals surface area contributed by atoms with Crippen LogP contribution in [0.2, 0.25) is 0 Å². The molecule has 0 bridgehead atoms. The molecule has 2 unspecified atom stereocenters. The molecule has 1 aromatic carbocycles. The molecular formula is C18H21FN6S. The number of nitrogens with one attached hydrogen (secondary N) is 1. The average Bonchev–Trinajstić information content (AvgIpc) is 3.30. The van der Waals surface area contributed by atoms with Crippen LogP contribution in [0.5, 0.6) is 0 Å². The number of allylic oxidation sites excluding steroid dienone is 1. The Morgan fingerprint density at radius 1 is 1.27 bits per heavy atom. The lowest BCUT2D eigenvalue weighted by Crippen LogP contribution is -2.26. The van der Waals surface area contributed by atoms with E-state index in [0.29, 0.717) is 33.5 Å². The largest absolute Gasteiger partial charge is 0.404 e. The van der Waals surface area contributed by atoms with E-state index < -0.39 is 0 Å². The number of fused-ring (bicyclic) bond motifs is 1. The quantitative estimate of drug-likeness (QED) is 0.805. The number of hydrogen-bond acceptors (Lipinski definition) is 7. The van der Waals surface area contributed by atoms with Crippen LogP contribution in [-0.2, 0) is 0 Å². The highest BCUT2D eigenvalue weighted by Gasteiger charge is 2.39. The molecule has 136 valence electrons. The molecule has 4 rings (SSSR count). The van der Waals surface area contributed by atoms with Crippen LogP contribution in [0.3, 0.4) is 0 Å². The second kappa shape index (κ2) is 6.77. The zero-order valence-corrected chi connectivity index (χ0v) is 15.3. The van der Waals surface area contributed by atoms with Gasteiger partial charge in [0.15, 0.2) is 5.01 Å². The summed E-state index contributed by atoms with van der Waals surface area (Å²) in [6.45, 7) is 4.25. The minimum absolute atomic E-state index is 0.383. The zero-order chi connectivity index (χ0) is 18.3. The fourth-order valence-electron chi connectivity index (χ4n) is 3.93. The molecule has 6 nitrogen and oxygen atoms in total. The van der Waals surface area contributed by atoms with Gasteiger partial charge in [0.25, 0.3) is 0 Å². The van der Waals surface area contributed by atoms with Crippen molar-refractivity contribution in [2.24, 2.45) is 17.6 Å². The topological polar surface area (TPSA) is 82.1 Å². The molecule has 2 atom stereocenters. The summed E-state index contributed by atoms with van der Waals surface area (Å²) in [6.07, 6.45) is 2.41. The number of aromatic nitrogens is 2. The first-order chi connectivity index (χ1) is 12.6. The van der Waals surface area contributed by atoms with Crippen molar-refractivity contribution in [3.8, 4) is 10.6 Å². The van der Waals surface area contributed by atoms with Crippen molar-refractivity contribution >= 4 is 28.3 Å². The van der Waals surface area contributed by atoms with Gasteiger partial charge in [-0.2, -0.15) is 0 Å². The van der Waals surface area contributed by atoms with Gasteiger partial charge in [0.1, 0.15) is 5.82 Å². The Hall–Kier alpha value is -2.32. The molecule has 0 saturated carbocycles. The summed E-state index contributed by atoms with van der Waals surface area (Å²) in [4.78, 5) is 4.66. The summed E-state index contributed by atoms with van der Waals surface area (Å²) in [5.74, 6) is 0.989. The number of rotatable bonds is 4. The molecule has 0 radical (unpaired) electrons. The maximum atomic E-state index is 14.6. The number of hydrogen-bond donors (Lipinski definition) is 2. The summed E-state index contributed by atoms with van der Waals surface area (Å²) in [7, 11) is 2.17. The van der Waals surface area contributed by atoms with Crippen molar-refractivity contribution in [3.05, 3.63) is 35.8 Å². The number of likely N-dealkylation sites (tertiary alicyclic amines) is 1. The molecule has 0 spiro atoms. The third-order valence-electron chi connectivity index (χ3n) is 5.22. The summed E-state index contributed by atoms with van der Waals surface area (Å²) in [6, 6.07) is 4.81. The second-order valence-electron chi connectivity index (χ2n) is 7.00. The van der Waals surface area contributed by atoms with Gasteiger partial charge >= 0.3 is 0 Å². The molecule has 2 fully saturated rings. The zero-order valence-electron chi connectivity index (χ0n) is 14.5. The van der Waals surface area contributed by atoms with E-state index in [1.165, 1.54) is 23.6 Å². The molecule has 2 aliphatic rings. The fraction of sp³-hybridized carbons (Fsp3) is 0.389. The molecule has 2 saturated heterocycles. The standard InChI is InChI=1S/C18H21FN6S/c1-24-7-13-9-25(10-14(13)8-24)18-23-22-17(26-18)15-3-2-11(4-16(15)19)12(5-20)6-21/h2-6,13-14,20H,7-10,21H2,1H3/b12-6+,20-5?. The van der Waals surface area contributed by atoms with Gasteiger partial charge in [-0.15, -0.1) is 10.2 Å². The van der Waals surface area contributed by atoms with Gasteiger partial charge in [0.2, 0.25) is 5.13 Å². The second-order valence-corrected chi connectivity index (χ2v) is 7.95. The van der Waals surface area contributed by atoms with E-state index in [1.54, 1.807) is 12.1 Å². The van der Waals surface area contributed by atoms with E-state index in [2.05, 4.69) is 27.0 Å². The Kier molecular flexibility index (Phi) is 4.46. The molecule has 26 heavy (non-hydrogen) atoms. The van der Waals surface area contributed by atoms with Gasteiger partial charge in [-0.1, -0.05) is 17.4 Å². The molecule has 8 heteroatoms. The Labute approximate surface area is 155 Å². The lowest BCUT2D eigenvalue weighted by Gasteiger charge is -2.17. The first-order valence-corrected chi connectivity index (χ1v) is 9.40. The van der Waals surface area contributed by atoms with E-state index in [-0.39, 0.29) is 5.82 Å². The molecule has 2 aliphatic heterocycles. The number of halogens is 1. The Bertz CT molecular complexity index is 849. The van der Waals surface area contributed by atoms with Crippen LogP contribution in [0.1, 0.15) is 5.56 Å². The molecule has 0 aliphatic carbocycles. The minimum atomic E-state index is -0.383. The lowest BCUT2D eigenvalue weighted by atomic mass is 10.0. The van der Waals surface area contributed by atoms with E-state index in [1.807, 2.05) is 0 Å². The summed E-state index contributed by atoms with van der Waals surface area (Å²) in [5, 5.41) is 17.3. The van der Waals surface area contributed by atoms with Gasteiger partial charge in [0, 0.05) is 49.7 Å². The first kappa shape index (κ1) is 17.1. The van der Waals surface area contributed by atoms with E-state index in [9.17, 15) is 4.39 Å². The maximum absolute atomic E-state index is 14.6. The van der Waals surface area contributed by atoms with Crippen molar-refractivity contribution in [3.63, 3.8) is 0 Å². The van der Waals surface area contributed by atoms with Crippen molar-refractivity contribution in [1.29, 1.82) is 5.41 Å². The summed E-state index contributed by atoms with van der Waals surface area (Å²) < 4.78 is 14.6. The third kappa shape index (κ3) is 2.99. The lowest BCUT2D eigenvalue weighted by molar-refractivity contribution is 0.387. The molecule has 2 aromatic rings. The molecular weight excluding hydrogens is 351 g/mol. The Morgan fingerprint density at radius 2 is 2.00 bits per heavy atom. The fourth-order valence-corrected chi connectivity index (χ4v) is 4.82. The first-order valence-electron chi connectivity index (χ1n) is 8.58. The maximum Gasteiger partial charge on any atom is 0.208 e. The van der Waals surface area contributed by atoms with Crippen molar-refractivity contribution in [1.82, 2.24) is 15.1 Å². The van der Waals surface area contributed by atoms with Crippen LogP contribution < -0.4 is 10.6 Å². The highest BCUT2D eigenvalue weighted by atomic mass is 32.1. The van der Waals surface area contributed by atoms with Gasteiger partial charge in [-0.05, 0) is 36.6 Å². The van der Waals surface area contributed by atoms with Crippen LogP contribution in [0.25, 0.3) is 16.1 Å². The monoisotopic (exact) mass is 372 g/mol. The van der Waals surface area contributed by atoms with Gasteiger partial charge in [-0.25, -0.2) is 4.39 Å². The molecule has 3 N–H and O–H groups in total. The number of benzene rings is 1. The van der Waals surface area contributed by atoms with Crippen molar-refractivity contribution < 1.29 is 4.39 Å². The van der Waals surface area contributed by atoms with Crippen LogP contribution in [-0.4, -0.2) is 54.5 Å². The number of nitrogens with two attached hydrogens (primary N) is 1. The average molecular weight is 372 g/mol. The van der Waals surface area contributed by atoms with Gasteiger partial charge < -0.3 is 20.9 Å². The van der Waals surface area contributed by atoms with Crippen molar-refractivity contribution in [2.45, 2.75) is 0 Å². The van der Waals surface area contributed by atoms with Crippen LogP contribution >= 0.6 is 11.3 Å². The predicted octanol–water partition coefficient (Wildman–Crippen LogP) is 2.29. The smallest absolute Gasteiger partial charge is 0.208 e. The SMILES string of the molecule is CN1CC2CN(c3nnc(-c4ccc(/C(C=N)=C/N)cc4F)s3)CC2C1. The minimum Gasteiger partial charge on any atom is -0.404 e. The molecule has 0 amide bonds. The highest BCUT2D eigenvalue weighted by molar-refractivity contribution is 7.18. The third-order valence-corrected chi connectivity index (χ3v) is 6.24. The highest BCUT2D eigenvalue weighted by Crippen LogP contribution is 2.37. The van der Waals surface area contributed by atoms with E-state index in [4.69, 9.17) is 11.1 Å². The number of nitrogens with zero attached hydrogens (tertiary/aromatic N) is 4. The summed E-state index contributed by atoms with van der Waals surface area (Å²) >= 11 is 1.43. The van der Waals surface area contributed by atoms with Gasteiger partial charge in [-0.3, -0.25) is 0 Å². The molecule has 1 aromatic heterocycles. The Balaban J connectivity index is 1.54. The predicted molar refractivity (Wildman–Crippen MR) is 103 cm³/mol. The Morgan fingerprint density at radius 3 is 2.62 bits per heavy atom. The molecule has 3 heterocycles.